The number of ether oxygens (including phenoxy) is 1. The fourth-order valence-corrected chi connectivity index (χ4v) is 2.74. The van der Waals surface area contributed by atoms with Crippen LogP contribution in [0.5, 0.6) is 0 Å². The van der Waals surface area contributed by atoms with E-state index in [0.29, 0.717) is 12.0 Å². The number of hydrogen-bond acceptors (Lipinski definition) is 4. The summed E-state index contributed by atoms with van der Waals surface area (Å²) in [6, 6.07) is 0.423. The molecule has 1 rings (SSSR count). The molecule has 1 aliphatic rings. The summed E-state index contributed by atoms with van der Waals surface area (Å²) in [5.41, 5.74) is 0. The van der Waals surface area contributed by atoms with E-state index in [-0.39, 0.29) is 12.5 Å². The van der Waals surface area contributed by atoms with Gasteiger partial charge in [0.1, 0.15) is 6.54 Å². The second-order valence-corrected chi connectivity index (χ2v) is 7.07. The van der Waals surface area contributed by atoms with Crippen molar-refractivity contribution in [2.24, 2.45) is 10.9 Å². The zero-order chi connectivity index (χ0) is 18.7. The summed E-state index contributed by atoms with van der Waals surface area (Å²) in [4.78, 5) is 20.3. The molecule has 0 aromatic rings. The Morgan fingerprint density at radius 2 is 1.92 bits per heavy atom. The number of carbonyl (C=O) groups excluding carboxylic acids is 1. The third-order valence-corrected chi connectivity index (χ3v) is 4.46. The van der Waals surface area contributed by atoms with E-state index in [2.05, 4.69) is 41.3 Å². The molecular formula is C18H37N5O2. The van der Waals surface area contributed by atoms with Crippen molar-refractivity contribution in [2.45, 2.75) is 39.7 Å². The first-order chi connectivity index (χ1) is 12.0. The van der Waals surface area contributed by atoms with Gasteiger partial charge in [-0.15, -0.1) is 0 Å². The Morgan fingerprint density at radius 3 is 2.48 bits per heavy atom. The lowest BCUT2D eigenvalue weighted by atomic mass is 10.0. The van der Waals surface area contributed by atoms with Gasteiger partial charge in [0.05, 0.1) is 13.2 Å². The van der Waals surface area contributed by atoms with Crippen molar-refractivity contribution in [3.63, 3.8) is 0 Å². The number of guanidine groups is 1. The Labute approximate surface area is 153 Å². The smallest absolute Gasteiger partial charge is 0.243 e. The van der Waals surface area contributed by atoms with Crippen LogP contribution in [-0.2, 0) is 9.53 Å². The highest BCUT2D eigenvalue weighted by molar-refractivity contribution is 5.84. The topological polar surface area (TPSA) is 69.2 Å². The normalized spacial score (nSPS) is 17.4. The third-order valence-electron chi connectivity index (χ3n) is 4.46. The summed E-state index contributed by atoms with van der Waals surface area (Å²) in [6.07, 6.45) is 2.21. The third kappa shape index (κ3) is 8.54. The highest BCUT2D eigenvalue weighted by atomic mass is 16.5. The Kier molecular flexibility index (Phi) is 10.5. The van der Waals surface area contributed by atoms with E-state index < -0.39 is 0 Å². The maximum atomic E-state index is 11.8. The number of nitrogens with one attached hydrogen (secondary N) is 2. The van der Waals surface area contributed by atoms with Gasteiger partial charge in [0.2, 0.25) is 5.91 Å². The number of unbranched alkanes of at least 4 members (excludes halogenated alkanes) is 1. The Bertz CT molecular complexity index is 406. The van der Waals surface area contributed by atoms with Gasteiger partial charge in [-0.2, -0.15) is 0 Å². The van der Waals surface area contributed by atoms with Gasteiger partial charge in [0.15, 0.2) is 5.96 Å². The van der Waals surface area contributed by atoms with Crippen molar-refractivity contribution in [1.82, 2.24) is 20.4 Å². The van der Waals surface area contributed by atoms with E-state index in [9.17, 15) is 4.79 Å². The molecule has 0 radical (unpaired) electrons. The SMILES string of the molecule is CCCCNC(=NCC(=O)N(C)C)NCC(C(C)C)N1CCOCC1. The quantitative estimate of drug-likeness (QED) is 0.363. The predicted molar refractivity (Wildman–Crippen MR) is 103 cm³/mol. The first-order valence-electron chi connectivity index (χ1n) is 9.49. The first kappa shape index (κ1) is 21.7. The number of carbonyl (C=O) groups is 1. The molecule has 25 heavy (non-hydrogen) atoms. The Balaban J connectivity index is 2.63. The van der Waals surface area contributed by atoms with Crippen LogP contribution in [0.15, 0.2) is 4.99 Å². The van der Waals surface area contributed by atoms with Crippen molar-refractivity contribution in [2.75, 3.05) is 60.0 Å². The molecule has 2 N–H and O–H groups in total. The molecule has 1 fully saturated rings. The number of amides is 1. The monoisotopic (exact) mass is 355 g/mol. The minimum atomic E-state index is 0.00480. The molecular weight excluding hydrogens is 318 g/mol. The second-order valence-electron chi connectivity index (χ2n) is 7.07. The molecule has 146 valence electrons. The van der Waals surface area contributed by atoms with Gasteiger partial charge >= 0.3 is 0 Å². The molecule has 0 bridgehead atoms. The highest BCUT2D eigenvalue weighted by Gasteiger charge is 2.23. The van der Waals surface area contributed by atoms with Crippen LogP contribution in [0.3, 0.4) is 0 Å². The van der Waals surface area contributed by atoms with Crippen LogP contribution in [0.1, 0.15) is 33.6 Å². The van der Waals surface area contributed by atoms with Crippen LogP contribution in [0.2, 0.25) is 0 Å². The van der Waals surface area contributed by atoms with E-state index in [1.54, 1.807) is 19.0 Å². The minimum absolute atomic E-state index is 0.00480. The zero-order valence-corrected chi connectivity index (χ0v) is 16.7. The minimum Gasteiger partial charge on any atom is -0.379 e. The Morgan fingerprint density at radius 1 is 1.24 bits per heavy atom. The lowest BCUT2D eigenvalue weighted by Gasteiger charge is -2.37. The summed E-state index contributed by atoms with van der Waals surface area (Å²) in [5, 5.41) is 6.77. The zero-order valence-electron chi connectivity index (χ0n) is 16.7. The largest absolute Gasteiger partial charge is 0.379 e. The summed E-state index contributed by atoms with van der Waals surface area (Å²) in [6.45, 7) is 12.0. The van der Waals surface area contributed by atoms with E-state index in [4.69, 9.17) is 4.74 Å². The molecule has 7 heteroatoms. The molecule has 0 saturated carbocycles. The molecule has 0 aromatic carbocycles. The van der Waals surface area contributed by atoms with Gasteiger partial charge in [0.25, 0.3) is 0 Å². The van der Waals surface area contributed by atoms with Crippen LogP contribution in [0.25, 0.3) is 0 Å². The van der Waals surface area contributed by atoms with E-state index in [1.807, 2.05) is 0 Å². The van der Waals surface area contributed by atoms with Crippen LogP contribution in [-0.4, -0.2) is 87.7 Å². The van der Waals surface area contributed by atoms with Crippen molar-refractivity contribution in [1.29, 1.82) is 0 Å². The van der Waals surface area contributed by atoms with Gasteiger partial charge in [0, 0.05) is 46.3 Å². The van der Waals surface area contributed by atoms with Crippen molar-refractivity contribution < 1.29 is 9.53 Å². The summed E-state index contributed by atoms with van der Waals surface area (Å²) in [7, 11) is 3.51. The van der Waals surface area contributed by atoms with Gasteiger partial charge < -0.3 is 20.3 Å². The predicted octanol–water partition coefficient (Wildman–Crippen LogP) is 0.767. The first-order valence-corrected chi connectivity index (χ1v) is 9.49. The molecule has 1 heterocycles. The molecule has 1 saturated heterocycles. The summed E-state index contributed by atoms with van der Waals surface area (Å²) in [5.74, 6) is 1.26. The van der Waals surface area contributed by atoms with Crippen molar-refractivity contribution >= 4 is 11.9 Å². The fourth-order valence-electron chi connectivity index (χ4n) is 2.74. The average Bonchev–Trinajstić information content (AvgIpc) is 2.59. The van der Waals surface area contributed by atoms with Gasteiger partial charge in [-0.05, 0) is 12.3 Å². The number of aliphatic imine (C=N–C) groups is 1. The maximum Gasteiger partial charge on any atom is 0.243 e. The standard InChI is InChI=1S/C18H37N5O2/c1-6-7-8-19-18(21-14-17(24)22(4)5)20-13-16(15(2)3)23-9-11-25-12-10-23/h15-16H,6-14H2,1-5H3,(H2,19,20,21). The lowest BCUT2D eigenvalue weighted by Crippen LogP contribution is -2.52. The number of rotatable bonds is 9. The van der Waals surface area contributed by atoms with E-state index in [1.165, 1.54) is 0 Å². The lowest BCUT2D eigenvalue weighted by molar-refractivity contribution is -0.127. The van der Waals surface area contributed by atoms with Crippen LogP contribution in [0.4, 0.5) is 0 Å². The molecule has 1 atom stereocenters. The molecule has 1 aliphatic heterocycles. The van der Waals surface area contributed by atoms with Crippen molar-refractivity contribution in [3.05, 3.63) is 0 Å². The van der Waals surface area contributed by atoms with E-state index in [0.717, 1.165) is 58.2 Å². The Hall–Kier alpha value is -1.34. The van der Waals surface area contributed by atoms with Crippen LogP contribution in [0, 0.1) is 5.92 Å². The average molecular weight is 356 g/mol. The van der Waals surface area contributed by atoms with E-state index >= 15 is 0 Å². The molecule has 0 spiro atoms. The van der Waals surface area contributed by atoms with Gasteiger partial charge in [-0.25, -0.2) is 4.99 Å². The molecule has 0 aliphatic carbocycles. The molecule has 1 amide bonds. The number of morpholine rings is 1. The van der Waals surface area contributed by atoms with Crippen LogP contribution < -0.4 is 10.6 Å². The second kappa shape index (κ2) is 12.1. The maximum absolute atomic E-state index is 11.8. The number of nitrogens with zero attached hydrogens (tertiary/aromatic N) is 3. The fraction of sp³-hybridized carbons (Fsp3) is 0.889. The van der Waals surface area contributed by atoms with Crippen LogP contribution >= 0.6 is 0 Å². The molecule has 0 aromatic heterocycles. The number of hydrogen-bond donors (Lipinski definition) is 2. The van der Waals surface area contributed by atoms with Crippen molar-refractivity contribution in [3.8, 4) is 0 Å². The molecule has 7 nitrogen and oxygen atoms in total. The number of likely N-dealkylation sites (N-methyl/N-ethyl adjacent to an activating group) is 1. The summed E-state index contributed by atoms with van der Waals surface area (Å²) >= 11 is 0. The van der Waals surface area contributed by atoms with Gasteiger partial charge in [-0.1, -0.05) is 27.2 Å². The highest BCUT2D eigenvalue weighted by Crippen LogP contribution is 2.12. The molecule has 1 unspecified atom stereocenters. The van der Waals surface area contributed by atoms with Gasteiger partial charge in [-0.3, -0.25) is 9.69 Å². The summed E-state index contributed by atoms with van der Waals surface area (Å²) < 4.78 is 5.47.